The highest BCUT2D eigenvalue weighted by molar-refractivity contribution is 5.51. The number of rotatable bonds is 6. The van der Waals surface area contributed by atoms with E-state index >= 15 is 0 Å². The molecule has 0 aliphatic heterocycles. The molecular weight excluding hydrogens is 190 g/mol. The number of nitrogens with zero attached hydrogens (tertiary/aromatic N) is 2. The van der Waals surface area contributed by atoms with Crippen LogP contribution < -0.4 is 10.6 Å². The van der Waals surface area contributed by atoms with E-state index in [1.54, 1.807) is 6.20 Å². The molecule has 0 spiro atoms. The van der Waals surface area contributed by atoms with Gasteiger partial charge in [-0.3, -0.25) is 4.98 Å². The molecule has 0 aliphatic carbocycles. The minimum atomic E-state index is 0.516. The maximum Gasteiger partial charge on any atom is 0.0641 e. The van der Waals surface area contributed by atoms with Gasteiger partial charge in [0, 0.05) is 50.4 Å². The number of likely N-dealkylation sites (N-methyl/N-ethyl adjacent to an activating group) is 1. The predicted molar refractivity (Wildman–Crippen MR) is 61.9 cm³/mol. The summed E-state index contributed by atoms with van der Waals surface area (Å²) in [5.41, 5.74) is 7.84. The van der Waals surface area contributed by atoms with Crippen molar-refractivity contribution in [1.82, 2.24) is 4.98 Å². The van der Waals surface area contributed by atoms with Crippen LogP contribution in [0, 0.1) is 0 Å². The van der Waals surface area contributed by atoms with E-state index in [1.807, 2.05) is 26.2 Å². The third-order valence-corrected chi connectivity index (χ3v) is 2.28. The summed E-state index contributed by atoms with van der Waals surface area (Å²) in [4.78, 5) is 6.20. The Hall–Kier alpha value is -1.13. The second kappa shape index (κ2) is 6.37. The standard InChI is InChI=1S/C11H19N3O/c1-3-15-7-6-14(2)11-4-5-13-9-10(11)8-12/h4-5,9H,3,6-8,12H2,1-2H3. The van der Waals surface area contributed by atoms with Crippen molar-refractivity contribution in [3.63, 3.8) is 0 Å². The summed E-state index contributed by atoms with van der Waals surface area (Å²) in [7, 11) is 2.04. The molecule has 0 atom stereocenters. The fourth-order valence-corrected chi connectivity index (χ4v) is 1.42. The van der Waals surface area contributed by atoms with Gasteiger partial charge in [-0.05, 0) is 13.0 Å². The van der Waals surface area contributed by atoms with Crippen LogP contribution in [0.25, 0.3) is 0 Å². The Morgan fingerprint density at radius 2 is 2.33 bits per heavy atom. The van der Waals surface area contributed by atoms with Crippen molar-refractivity contribution >= 4 is 5.69 Å². The first kappa shape index (κ1) is 11.9. The number of nitrogens with two attached hydrogens (primary N) is 1. The van der Waals surface area contributed by atoms with Crippen LogP contribution in [0.1, 0.15) is 12.5 Å². The molecule has 0 amide bonds. The maximum atomic E-state index is 5.65. The number of hydrogen-bond acceptors (Lipinski definition) is 4. The molecule has 4 nitrogen and oxygen atoms in total. The van der Waals surface area contributed by atoms with Crippen LogP contribution in [-0.4, -0.2) is 31.8 Å². The van der Waals surface area contributed by atoms with Gasteiger partial charge in [-0.2, -0.15) is 0 Å². The second-order valence-electron chi connectivity index (χ2n) is 3.33. The fourth-order valence-electron chi connectivity index (χ4n) is 1.42. The average Bonchev–Trinajstić information content (AvgIpc) is 2.29. The van der Waals surface area contributed by atoms with Gasteiger partial charge in [-0.1, -0.05) is 0 Å². The Balaban J connectivity index is 2.59. The molecule has 0 fully saturated rings. The van der Waals surface area contributed by atoms with Gasteiger partial charge in [-0.15, -0.1) is 0 Å². The van der Waals surface area contributed by atoms with Crippen LogP contribution >= 0.6 is 0 Å². The molecule has 0 unspecified atom stereocenters. The molecule has 0 saturated carbocycles. The van der Waals surface area contributed by atoms with E-state index in [0.29, 0.717) is 6.54 Å². The van der Waals surface area contributed by atoms with E-state index in [0.717, 1.165) is 31.0 Å². The van der Waals surface area contributed by atoms with Gasteiger partial charge >= 0.3 is 0 Å². The van der Waals surface area contributed by atoms with Gasteiger partial charge in [0.15, 0.2) is 0 Å². The molecule has 0 bridgehead atoms. The monoisotopic (exact) mass is 209 g/mol. The molecule has 0 radical (unpaired) electrons. The van der Waals surface area contributed by atoms with Crippen molar-refractivity contribution in [1.29, 1.82) is 0 Å². The highest BCUT2D eigenvalue weighted by Gasteiger charge is 2.05. The Labute approximate surface area is 91.1 Å². The van der Waals surface area contributed by atoms with Crippen LogP contribution in [0.2, 0.25) is 0 Å². The van der Waals surface area contributed by atoms with E-state index in [9.17, 15) is 0 Å². The Morgan fingerprint density at radius 1 is 1.53 bits per heavy atom. The van der Waals surface area contributed by atoms with E-state index in [-0.39, 0.29) is 0 Å². The quantitative estimate of drug-likeness (QED) is 0.710. The molecule has 15 heavy (non-hydrogen) atoms. The van der Waals surface area contributed by atoms with Gasteiger partial charge in [0.2, 0.25) is 0 Å². The second-order valence-corrected chi connectivity index (χ2v) is 3.33. The van der Waals surface area contributed by atoms with Gasteiger partial charge in [0.05, 0.1) is 6.61 Å². The highest BCUT2D eigenvalue weighted by Crippen LogP contribution is 2.16. The molecule has 1 aromatic rings. The SMILES string of the molecule is CCOCCN(C)c1ccncc1CN. The lowest BCUT2D eigenvalue weighted by Gasteiger charge is -2.21. The fraction of sp³-hybridized carbons (Fsp3) is 0.545. The molecule has 84 valence electrons. The third kappa shape index (κ3) is 3.49. The van der Waals surface area contributed by atoms with Crippen molar-refractivity contribution in [2.24, 2.45) is 5.73 Å². The van der Waals surface area contributed by atoms with Crippen molar-refractivity contribution in [2.75, 3.05) is 31.7 Å². The van der Waals surface area contributed by atoms with Gasteiger partial charge in [0.1, 0.15) is 0 Å². The zero-order valence-corrected chi connectivity index (χ0v) is 9.44. The van der Waals surface area contributed by atoms with E-state index < -0.39 is 0 Å². The van der Waals surface area contributed by atoms with Crippen LogP contribution in [-0.2, 0) is 11.3 Å². The summed E-state index contributed by atoms with van der Waals surface area (Å²) in [6.45, 7) is 4.87. The minimum Gasteiger partial charge on any atom is -0.380 e. The average molecular weight is 209 g/mol. The highest BCUT2D eigenvalue weighted by atomic mass is 16.5. The zero-order valence-electron chi connectivity index (χ0n) is 9.44. The summed E-state index contributed by atoms with van der Waals surface area (Å²) in [5.74, 6) is 0. The molecule has 0 aliphatic rings. The first-order valence-electron chi connectivity index (χ1n) is 5.21. The number of hydrogen-bond donors (Lipinski definition) is 1. The number of pyridine rings is 1. The summed E-state index contributed by atoms with van der Waals surface area (Å²) in [6, 6.07) is 1.98. The summed E-state index contributed by atoms with van der Waals surface area (Å²) >= 11 is 0. The molecule has 0 saturated heterocycles. The molecular formula is C11H19N3O. The number of ether oxygens (including phenoxy) is 1. The summed E-state index contributed by atoms with van der Waals surface area (Å²) < 4.78 is 5.31. The van der Waals surface area contributed by atoms with Crippen LogP contribution in [0.3, 0.4) is 0 Å². The summed E-state index contributed by atoms with van der Waals surface area (Å²) in [6.07, 6.45) is 3.60. The third-order valence-electron chi connectivity index (χ3n) is 2.28. The minimum absolute atomic E-state index is 0.516. The molecule has 4 heteroatoms. The lowest BCUT2D eigenvalue weighted by atomic mass is 10.2. The largest absolute Gasteiger partial charge is 0.380 e. The van der Waals surface area contributed by atoms with Crippen molar-refractivity contribution in [3.05, 3.63) is 24.0 Å². The van der Waals surface area contributed by atoms with Crippen molar-refractivity contribution in [3.8, 4) is 0 Å². The topological polar surface area (TPSA) is 51.4 Å². The van der Waals surface area contributed by atoms with Crippen LogP contribution in [0.4, 0.5) is 5.69 Å². The van der Waals surface area contributed by atoms with Gasteiger partial charge < -0.3 is 15.4 Å². The van der Waals surface area contributed by atoms with Crippen LogP contribution in [0.5, 0.6) is 0 Å². The van der Waals surface area contributed by atoms with Crippen LogP contribution in [0.15, 0.2) is 18.5 Å². The van der Waals surface area contributed by atoms with Crippen molar-refractivity contribution < 1.29 is 4.74 Å². The molecule has 1 rings (SSSR count). The summed E-state index contributed by atoms with van der Waals surface area (Å²) in [5, 5.41) is 0. The Bertz CT molecular complexity index is 291. The zero-order chi connectivity index (χ0) is 11.1. The molecule has 0 aromatic carbocycles. The van der Waals surface area contributed by atoms with Gasteiger partial charge in [0.25, 0.3) is 0 Å². The normalized spacial score (nSPS) is 10.3. The molecule has 2 N–H and O–H groups in total. The van der Waals surface area contributed by atoms with Gasteiger partial charge in [-0.25, -0.2) is 0 Å². The van der Waals surface area contributed by atoms with E-state index in [2.05, 4.69) is 9.88 Å². The first-order valence-corrected chi connectivity index (χ1v) is 5.21. The smallest absolute Gasteiger partial charge is 0.0641 e. The molecule has 1 aromatic heterocycles. The predicted octanol–water partition coefficient (Wildman–Crippen LogP) is 1.01. The Kier molecular flexibility index (Phi) is 5.07. The Morgan fingerprint density at radius 3 is 3.00 bits per heavy atom. The molecule has 1 heterocycles. The maximum absolute atomic E-state index is 5.65. The first-order chi connectivity index (χ1) is 7.29. The van der Waals surface area contributed by atoms with E-state index in [1.165, 1.54) is 0 Å². The lowest BCUT2D eigenvalue weighted by molar-refractivity contribution is 0.154. The van der Waals surface area contributed by atoms with E-state index in [4.69, 9.17) is 10.5 Å². The van der Waals surface area contributed by atoms with Crippen molar-refractivity contribution in [2.45, 2.75) is 13.5 Å². The number of aromatic nitrogens is 1. The lowest BCUT2D eigenvalue weighted by Crippen LogP contribution is -2.24. The number of anilines is 1.